The predicted octanol–water partition coefficient (Wildman–Crippen LogP) is 4.36. The van der Waals surface area contributed by atoms with Gasteiger partial charge in [-0.3, -0.25) is 4.98 Å². The van der Waals surface area contributed by atoms with E-state index >= 15 is 0 Å². The molecule has 1 heterocycles. The molecule has 0 atom stereocenters. The molecule has 0 aliphatic heterocycles. The van der Waals surface area contributed by atoms with Gasteiger partial charge in [-0.15, -0.1) is 0 Å². The van der Waals surface area contributed by atoms with Crippen LogP contribution in [-0.2, 0) is 0 Å². The number of aromatic nitrogens is 1. The van der Waals surface area contributed by atoms with Crippen molar-refractivity contribution in [2.45, 2.75) is 20.8 Å². The van der Waals surface area contributed by atoms with Gasteiger partial charge in [-0.25, -0.2) is 8.78 Å². The molecule has 0 aliphatic rings. The molecule has 3 heteroatoms. The van der Waals surface area contributed by atoms with Gasteiger partial charge in [-0.05, 0) is 36.8 Å². The fourth-order valence-electron chi connectivity index (χ4n) is 1.38. The number of halogens is 2. The highest BCUT2D eigenvalue weighted by Crippen LogP contribution is 2.21. The Hall–Kier alpha value is -1.77. The largest absolute Gasteiger partial charge is 0.256 e. The molecule has 0 saturated carbocycles. The van der Waals surface area contributed by atoms with E-state index in [0.717, 1.165) is 11.6 Å². The lowest BCUT2D eigenvalue weighted by molar-refractivity contribution is 0.585. The maximum Gasteiger partial charge on any atom is 0.135 e. The van der Waals surface area contributed by atoms with Crippen LogP contribution in [0.2, 0.25) is 0 Å². The van der Waals surface area contributed by atoms with Crippen LogP contribution in [0.25, 0.3) is 11.3 Å². The Morgan fingerprint density at radius 3 is 2.29 bits per heavy atom. The first-order valence-electron chi connectivity index (χ1n) is 5.55. The fraction of sp³-hybridized carbons (Fsp3) is 0.214. The van der Waals surface area contributed by atoms with Crippen molar-refractivity contribution in [3.63, 3.8) is 0 Å². The van der Waals surface area contributed by atoms with Gasteiger partial charge in [0.15, 0.2) is 0 Å². The Morgan fingerprint density at radius 1 is 1.00 bits per heavy atom. The zero-order valence-electron chi connectivity index (χ0n) is 10.2. The molecule has 2 rings (SSSR count). The predicted molar refractivity (Wildman–Crippen MR) is 65.7 cm³/mol. The molecule has 0 unspecified atom stereocenters. The Labute approximate surface area is 100 Å². The lowest BCUT2D eigenvalue weighted by atomic mass is 10.1. The molecule has 0 spiro atoms. The van der Waals surface area contributed by atoms with Gasteiger partial charge in [-0.1, -0.05) is 13.8 Å². The molecule has 1 nitrogen and oxygen atoms in total. The fourth-order valence-corrected chi connectivity index (χ4v) is 1.38. The molecule has 0 aliphatic carbocycles. The van der Waals surface area contributed by atoms with Gasteiger partial charge in [-0.2, -0.15) is 0 Å². The Bertz CT molecular complexity index is 495. The van der Waals surface area contributed by atoms with Crippen LogP contribution in [0.15, 0.2) is 36.5 Å². The maximum atomic E-state index is 13.4. The monoisotopic (exact) mass is 235 g/mol. The van der Waals surface area contributed by atoms with Crippen LogP contribution in [-0.4, -0.2) is 4.98 Å². The van der Waals surface area contributed by atoms with Gasteiger partial charge in [0.1, 0.15) is 11.6 Å². The highest BCUT2D eigenvalue weighted by Gasteiger charge is 2.07. The van der Waals surface area contributed by atoms with Crippen molar-refractivity contribution >= 4 is 0 Å². The Balaban J connectivity index is 0.000000686. The summed E-state index contributed by atoms with van der Waals surface area (Å²) < 4.78 is 26.1. The summed E-state index contributed by atoms with van der Waals surface area (Å²) in [6.45, 7) is 5.90. The van der Waals surface area contributed by atoms with Crippen molar-refractivity contribution in [3.8, 4) is 11.3 Å². The highest BCUT2D eigenvalue weighted by molar-refractivity contribution is 5.60. The lowest BCUT2D eigenvalue weighted by Crippen LogP contribution is -1.89. The van der Waals surface area contributed by atoms with Gasteiger partial charge in [0.2, 0.25) is 0 Å². The molecule has 17 heavy (non-hydrogen) atoms. The third-order valence-corrected chi connectivity index (χ3v) is 2.12. The minimum atomic E-state index is -0.590. The van der Waals surface area contributed by atoms with Gasteiger partial charge >= 0.3 is 0 Å². The maximum absolute atomic E-state index is 13.4. The van der Waals surface area contributed by atoms with Crippen LogP contribution in [0.3, 0.4) is 0 Å². The van der Waals surface area contributed by atoms with Crippen molar-refractivity contribution in [1.29, 1.82) is 0 Å². The van der Waals surface area contributed by atoms with Gasteiger partial charge in [0, 0.05) is 17.8 Å². The number of rotatable bonds is 1. The molecular formula is C14H15F2N. The van der Waals surface area contributed by atoms with Gasteiger partial charge in [0.05, 0.1) is 5.69 Å². The number of aryl methyl sites for hydroxylation is 1. The van der Waals surface area contributed by atoms with Crippen LogP contribution >= 0.6 is 0 Å². The van der Waals surface area contributed by atoms with E-state index < -0.39 is 11.6 Å². The smallest absolute Gasteiger partial charge is 0.135 e. The molecule has 1 aromatic carbocycles. The van der Waals surface area contributed by atoms with E-state index in [9.17, 15) is 8.78 Å². The molecule has 0 N–H and O–H groups in total. The van der Waals surface area contributed by atoms with E-state index in [1.54, 1.807) is 12.3 Å². The van der Waals surface area contributed by atoms with E-state index in [1.807, 2.05) is 26.8 Å². The summed E-state index contributed by atoms with van der Waals surface area (Å²) in [7, 11) is 0. The van der Waals surface area contributed by atoms with Crippen molar-refractivity contribution in [2.24, 2.45) is 0 Å². The Morgan fingerprint density at radius 2 is 1.71 bits per heavy atom. The molecular weight excluding hydrogens is 220 g/mol. The second-order valence-electron chi connectivity index (χ2n) is 3.34. The van der Waals surface area contributed by atoms with Crippen molar-refractivity contribution in [3.05, 3.63) is 53.7 Å². The molecule has 0 amide bonds. The molecule has 0 fully saturated rings. The lowest BCUT2D eigenvalue weighted by Gasteiger charge is -2.03. The zero-order chi connectivity index (χ0) is 12.8. The quantitative estimate of drug-likeness (QED) is 0.715. The third kappa shape index (κ3) is 3.34. The second kappa shape index (κ2) is 6.09. The number of nitrogens with zero attached hydrogens (tertiary/aromatic N) is 1. The summed E-state index contributed by atoms with van der Waals surface area (Å²) in [6.07, 6.45) is 1.60. The van der Waals surface area contributed by atoms with E-state index in [0.29, 0.717) is 11.3 Å². The first-order chi connectivity index (χ1) is 8.16. The minimum Gasteiger partial charge on any atom is -0.256 e. The topological polar surface area (TPSA) is 12.9 Å². The standard InChI is InChI=1S/C12H9F2N.C2H6/c1-8-4-5-15-12(6-8)10-3-2-9(13)7-11(10)14;1-2/h2-7H,1H3;1-2H3. The van der Waals surface area contributed by atoms with Crippen LogP contribution in [0.5, 0.6) is 0 Å². The molecule has 0 saturated heterocycles. The summed E-state index contributed by atoms with van der Waals surface area (Å²) in [5.41, 5.74) is 1.83. The normalized spacial score (nSPS) is 9.47. The first-order valence-corrected chi connectivity index (χ1v) is 5.55. The molecule has 2 aromatic rings. The van der Waals surface area contributed by atoms with Crippen molar-refractivity contribution in [2.75, 3.05) is 0 Å². The summed E-state index contributed by atoms with van der Waals surface area (Å²) in [5.74, 6) is -1.17. The molecule has 1 aromatic heterocycles. The van der Waals surface area contributed by atoms with E-state index in [4.69, 9.17) is 0 Å². The third-order valence-electron chi connectivity index (χ3n) is 2.12. The highest BCUT2D eigenvalue weighted by atomic mass is 19.1. The number of benzene rings is 1. The van der Waals surface area contributed by atoms with Gasteiger partial charge < -0.3 is 0 Å². The van der Waals surface area contributed by atoms with E-state index in [-0.39, 0.29) is 0 Å². The zero-order valence-corrected chi connectivity index (χ0v) is 10.2. The summed E-state index contributed by atoms with van der Waals surface area (Å²) in [5, 5.41) is 0. The number of hydrogen-bond donors (Lipinski definition) is 0. The molecule has 0 bridgehead atoms. The molecule has 0 radical (unpaired) electrons. The van der Waals surface area contributed by atoms with Crippen molar-refractivity contribution in [1.82, 2.24) is 4.98 Å². The van der Waals surface area contributed by atoms with Crippen LogP contribution in [0.4, 0.5) is 8.78 Å². The average molecular weight is 235 g/mol. The van der Waals surface area contributed by atoms with E-state index in [1.165, 1.54) is 12.1 Å². The van der Waals surface area contributed by atoms with Gasteiger partial charge in [0.25, 0.3) is 0 Å². The summed E-state index contributed by atoms with van der Waals surface area (Å²) in [6, 6.07) is 7.06. The van der Waals surface area contributed by atoms with E-state index in [2.05, 4.69) is 4.98 Å². The Kier molecular flexibility index (Phi) is 4.76. The van der Waals surface area contributed by atoms with Crippen LogP contribution in [0, 0.1) is 18.6 Å². The number of hydrogen-bond acceptors (Lipinski definition) is 1. The van der Waals surface area contributed by atoms with Crippen molar-refractivity contribution < 1.29 is 8.78 Å². The van der Waals surface area contributed by atoms with Crippen LogP contribution in [0.1, 0.15) is 19.4 Å². The second-order valence-corrected chi connectivity index (χ2v) is 3.34. The van der Waals surface area contributed by atoms with Crippen LogP contribution < -0.4 is 0 Å². The number of pyridine rings is 1. The summed E-state index contributed by atoms with van der Waals surface area (Å²) >= 11 is 0. The SMILES string of the molecule is CC.Cc1ccnc(-c2ccc(F)cc2F)c1. The first kappa shape index (κ1) is 13.3. The minimum absolute atomic E-state index is 0.320. The summed E-state index contributed by atoms with van der Waals surface area (Å²) in [4.78, 5) is 4.04. The molecule has 90 valence electrons. The average Bonchev–Trinajstić information content (AvgIpc) is 2.31.